The predicted octanol–water partition coefficient (Wildman–Crippen LogP) is 6.99. The highest BCUT2D eigenvalue weighted by Gasteiger charge is 2.55. The molecule has 1 N–H and O–H groups in total. The molecule has 0 aromatic heterocycles. The molecule has 0 saturated carbocycles. The van der Waals surface area contributed by atoms with Gasteiger partial charge in [0.05, 0.1) is 22.5 Å². The number of rotatable bonds is 5. The van der Waals surface area contributed by atoms with Crippen molar-refractivity contribution in [1.29, 1.82) is 0 Å². The van der Waals surface area contributed by atoms with Gasteiger partial charge in [-0.25, -0.2) is 0 Å². The van der Waals surface area contributed by atoms with E-state index < -0.39 is 46.4 Å². The molecule has 196 valence electrons. The smallest absolute Gasteiger partial charge is 0.326 e. The molecule has 1 unspecified atom stereocenters. The Morgan fingerprint density at radius 3 is 1.97 bits per heavy atom. The van der Waals surface area contributed by atoms with Crippen molar-refractivity contribution < 1.29 is 35.9 Å². The maximum atomic E-state index is 13.6. The van der Waals surface area contributed by atoms with Crippen LogP contribution in [0, 0.1) is 31.1 Å². The molecule has 1 heterocycles. The fourth-order valence-electron chi connectivity index (χ4n) is 5.00. The van der Waals surface area contributed by atoms with Crippen LogP contribution in [0.15, 0.2) is 36.4 Å². The summed E-state index contributed by atoms with van der Waals surface area (Å²) in [6.07, 6.45) is -9.89. The number of amides is 2. The van der Waals surface area contributed by atoms with Gasteiger partial charge in [0.1, 0.15) is 0 Å². The summed E-state index contributed by atoms with van der Waals surface area (Å²) < 4.78 is 79.9. The SMILES string of the molecule is Cc1cccc(C)c1N1C[C@@](CC(C)C)(C(=O)Nc2cc(C(F)(F)F)cc(C(F)(F)F)c2)C(C)C1=O. The summed E-state index contributed by atoms with van der Waals surface area (Å²) in [4.78, 5) is 28.5. The van der Waals surface area contributed by atoms with Crippen LogP contribution >= 0.6 is 0 Å². The number of alkyl halides is 6. The maximum Gasteiger partial charge on any atom is 0.416 e. The quantitative estimate of drug-likeness (QED) is 0.437. The Bertz CT molecular complexity index is 1120. The summed E-state index contributed by atoms with van der Waals surface area (Å²) in [6.45, 7) is 8.84. The van der Waals surface area contributed by atoms with Gasteiger partial charge in [-0.3, -0.25) is 9.59 Å². The van der Waals surface area contributed by atoms with E-state index in [9.17, 15) is 35.9 Å². The molecule has 1 aliphatic rings. The Kier molecular flexibility index (Phi) is 7.22. The molecule has 36 heavy (non-hydrogen) atoms. The van der Waals surface area contributed by atoms with Gasteiger partial charge in [-0.2, -0.15) is 26.3 Å². The van der Waals surface area contributed by atoms with E-state index in [1.165, 1.54) is 4.90 Å². The summed E-state index contributed by atoms with van der Waals surface area (Å²) in [5.41, 5.74) is -2.79. The van der Waals surface area contributed by atoms with E-state index in [1.54, 1.807) is 6.92 Å². The third-order valence-electron chi connectivity index (χ3n) is 6.69. The van der Waals surface area contributed by atoms with Gasteiger partial charge in [0, 0.05) is 17.9 Å². The summed E-state index contributed by atoms with van der Waals surface area (Å²) in [5.74, 6) is -2.07. The second-order valence-corrected chi connectivity index (χ2v) is 9.89. The van der Waals surface area contributed by atoms with Crippen LogP contribution < -0.4 is 10.2 Å². The van der Waals surface area contributed by atoms with E-state index in [2.05, 4.69) is 5.32 Å². The lowest BCUT2D eigenvalue weighted by molar-refractivity contribution is -0.143. The molecular weight excluding hydrogens is 486 g/mol. The highest BCUT2D eigenvalue weighted by atomic mass is 19.4. The Morgan fingerprint density at radius 1 is 1.03 bits per heavy atom. The minimum absolute atomic E-state index is 0.00392. The first kappa shape index (κ1) is 27.5. The van der Waals surface area contributed by atoms with Crippen LogP contribution in [0.2, 0.25) is 0 Å². The zero-order valence-corrected chi connectivity index (χ0v) is 20.6. The third-order valence-corrected chi connectivity index (χ3v) is 6.69. The van der Waals surface area contributed by atoms with Crippen LogP contribution in [0.1, 0.15) is 49.4 Å². The van der Waals surface area contributed by atoms with Crippen LogP contribution in [-0.2, 0) is 21.9 Å². The molecule has 2 aromatic rings. The van der Waals surface area contributed by atoms with E-state index in [4.69, 9.17) is 0 Å². The fourth-order valence-corrected chi connectivity index (χ4v) is 5.00. The standard InChI is InChI=1S/C26H28F6N2O2/c1-14(2)12-24(13-34(22(35)17(24)5)21-15(3)7-6-8-16(21)4)23(36)33-20-10-18(25(27,28)29)9-19(11-20)26(30,31)32/h6-11,14,17H,12-13H2,1-5H3,(H,33,36)/t17?,24-/m1/s1. The van der Waals surface area contributed by atoms with Gasteiger partial charge in [0.25, 0.3) is 0 Å². The Hall–Kier alpha value is -3.04. The van der Waals surface area contributed by atoms with Crippen molar-refractivity contribution in [2.75, 3.05) is 16.8 Å². The highest BCUT2D eigenvalue weighted by molar-refractivity contribution is 6.07. The van der Waals surface area contributed by atoms with E-state index >= 15 is 0 Å². The molecule has 0 spiro atoms. The van der Waals surface area contributed by atoms with Gasteiger partial charge in [-0.05, 0) is 55.5 Å². The molecule has 0 radical (unpaired) electrons. The van der Waals surface area contributed by atoms with Crippen molar-refractivity contribution in [1.82, 2.24) is 0 Å². The normalized spacial score (nSPS) is 20.8. The summed E-state index contributed by atoms with van der Waals surface area (Å²) in [7, 11) is 0. The number of hydrogen-bond donors (Lipinski definition) is 1. The van der Waals surface area contributed by atoms with Gasteiger partial charge in [-0.15, -0.1) is 0 Å². The minimum Gasteiger partial charge on any atom is -0.326 e. The van der Waals surface area contributed by atoms with Crippen molar-refractivity contribution in [3.05, 3.63) is 58.7 Å². The van der Waals surface area contributed by atoms with Gasteiger partial charge >= 0.3 is 12.4 Å². The highest BCUT2D eigenvalue weighted by Crippen LogP contribution is 2.46. The minimum atomic E-state index is -5.05. The first-order valence-electron chi connectivity index (χ1n) is 11.5. The van der Waals surface area contributed by atoms with Crippen LogP contribution in [0.5, 0.6) is 0 Å². The topological polar surface area (TPSA) is 49.4 Å². The largest absolute Gasteiger partial charge is 0.416 e. The second-order valence-electron chi connectivity index (χ2n) is 9.89. The number of carbonyl (C=O) groups is 2. The Morgan fingerprint density at radius 2 is 1.53 bits per heavy atom. The number of para-hydroxylation sites is 1. The first-order valence-corrected chi connectivity index (χ1v) is 11.5. The van der Waals surface area contributed by atoms with Crippen LogP contribution in [0.4, 0.5) is 37.7 Å². The lowest BCUT2D eigenvalue weighted by atomic mass is 9.72. The molecule has 1 saturated heterocycles. The van der Waals surface area contributed by atoms with Crippen molar-refractivity contribution in [3.8, 4) is 0 Å². The molecular formula is C26H28F6N2O2. The van der Waals surface area contributed by atoms with E-state index in [0.717, 1.165) is 11.1 Å². The molecule has 2 aromatic carbocycles. The molecule has 0 aliphatic carbocycles. The fraction of sp³-hybridized carbons (Fsp3) is 0.462. The molecule has 10 heteroatoms. The van der Waals surface area contributed by atoms with Crippen molar-refractivity contribution in [3.63, 3.8) is 0 Å². The number of nitrogens with zero attached hydrogens (tertiary/aromatic N) is 1. The number of benzene rings is 2. The number of hydrogen-bond acceptors (Lipinski definition) is 2. The van der Waals surface area contributed by atoms with Gasteiger partial charge in [-0.1, -0.05) is 39.0 Å². The van der Waals surface area contributed by atoms with Crippen molar-refractivity contribution in [2.45, 2.75) is 53.4 Å². The van der Waals surface area contributed by atoms with Crippen LogP contribution in [-0.4, -0.2) is 18.4 Å². The number of anilines is 2. The lowest BCUT2D eigenvalue weighted by Crippen LogP contribution is -2.43. The Labute approximate surface area is 205 Å². The van der Waals surface area contributed by atoms with E-state index in [-0.39, 0.29) is 30.9 Å². The van der Waals surface area contributed by atoms with Gasteiger partial charge in [0.15, 0.2) is 0 Å². The van der Waals surface area contributed by atoms with Gasteiger partial charge in [0.2, 0.25) is 11.8 Å². The summed E-state index contributed by atoms with van der Waals surface area (Å²) in [6, 6.07) is 6.43. The predicted molar refractivity (Wildman–Crippen MR) is 124 cm³/mol. The van der Waals surface area contributed by atoms with Crippen molar-refractivity contribution in [2.24, 2.45) is 17.3 Å². The van der Waals surface area contributed by atoms with E-state index in [1.807, 2.05) is 45.9 Å². The molecule has 2 amide bonds. The average Bonchev–Trinajstić information content (AvgIpc) is 2.98. The lowest BCUT2D eigenvalue weighted by Gasteiger charge is -2.32. The number of aryl methyl sites for hydroxylation is 2. The summed E-state index contributed by atoms with van der Waals surface area (Å²) in [5, 5.41) is 2.29. The molecule has 1 fully saturated rings. The number of halogens is 6. The zero-order chi connectivity index (χ0) is 27.2. The van der Waals surface area contributed by atoms with Crippen LogP contribution in [0.25, 0.3) is 0 Å². The monoisotopic (exact) mass is 514 g/mol. The second kappa shape index (κ2) is 9.44. The molecule has 2 atom stereocenters. The van der Waals surface area contributed by atoms with Gasteiger partial charge < -0.3 is 10.2 Å². The molecule has 1 aliphatic heterocycles. The maximum absolute atomic E-state index is 13.6. The number of nitrogens with one attached hydrogen (secondary N) is 1. The molecule has 0 bridgehead atoms. The molecule has 4 nitrogen and oxygen atoms in total. The zero-order valence-electron chi connectivity index (χ0n) is 20.6. The van der Waals surface area contributed by atoms with Crippen LogP contribution in [0.3, 0.4) is 0 Å². The first-order chi connectivity index (χ1) is 16.5. The average molecular weight is 515 g/mol. The number of carbonyl (C=O) groups excluding carboxylic acids is 2. The summed E-state index contributed by atoms with van der Waals surface area (Å²) >= 11 is 0. The Balaban J connectivity index is 2.07. The molecule has 3 rings (SSSR count). The van der Waals surface area contributed by atoms with Crippen molar-refractivity contribution >= 4 is 23.2 Å². The third kappa shape index (κ3) is 5.22. The van der Waals surface area contributed by atoms with E-state index in [0.29, 0.717) is 17.8 Å².